The van der Waals surface area contributed by atoms with E-state index in [-0.39, 0.29) is 5.91 Å². The van der Waals surface area contributed by atoms with Crippen LogP contribution in [0.15, 0.2) is 65.3 Å². The van der Waals surface area contributed by atoms with Crippen molar-refractivity contribution < 1.29 is 13.9 Å². The number of nitrogens with one attached hydrogen (secondary N) is 1. The number of rotatable bonds is 5. The molecule has 1 aromatic heterocycles. The summed E-state index contributed by atoms with van der Waals surface area (Å²) in [6.45, 7) is 5.70. The van der Waals surface area contributed by atoms with Gasteiger partial charge < -0.3 is 14.5 Å². The number of allylic oxidation sites excluding steroid dienone is 1. The van der Waals surface area contributed by atoms with Gasteiger partial charge in [0.2, 0.25) is 5.91 Å². The van der Waals surface area contributed by atoms with Gasteiger partial charge >= 0.3 is 0 Å². The van der Waals surface area contributed by atoms with Crippen molar-refractivity contribution in [2.75, 3.05) is 12.4 Å². The second kappa shape index (κ2) is 9.34. The smallest absolute Gasteiger partial charge is 0.248 e. The monoisotopic (exact) mass is 479 g/mol. The lowest BCUT2D eigenvalue weighted by Crippen LogP contribution is -2.10. The van der Waals surface area contributed by atoms with E-state index >= 15 is 0 Å². The van der Waals surface area contributed by atoms with Crippen LogP contribution in [0.1, 0.15) is 23.6 Å². The van der Waals surface area contributed by atoms with Gasteiger partial charge in [-0.25, -0.2) is 0 Å². The molecule has 0 spiro atoms. The number of halogens is 2. The van der Waals surface area contributed by atoms with Crippen LogP contribution in [-0.2, 0) is 4.79 Å². The van der Waals surface area contributed by atoms with Crippen LogP contribution in [0.25, 0.3) is 27.7 Å². The zero-order valence-electron chi connectivity index (χ0n) is 18.8. The number of fused-ring (bicyclic) bond motifs is 1. The molecule has 0 atom stereocenters. The van der Waals surface area contributed by atoms with Crippen molar-refractivity contribution in [3.05, 3.63) is 87.6 Å². The Morgan fingerprint density at radius 3 is 2.48 bits per heavy atom. The van der Waals surface area contributed by atoms with Gasteiger partial charge in [0.1, 0.15) is 11.3 Å². The number of hydrogen-bond acceptors (Lipinski definition) is 3. The molecule has 4 aromatic rings. The van der Waals surface area contributed by atoms with Crippen molar-refractivity contribution in [2.45, 2.75) is 20.8 Å². The molecule has 0 unspecified atom stereocenters. The van der Waals surface area contributed by atoms with E-state index in [1.807, 2.05) is 57.2 Å². The Hall–Kier alpha value is -3.21. The van der Waals surface area contributed by atoms with E-state index < -0.39 is 0 Å². The number of carbonyl (C=O) groups is 1. The highest BCUT2D eigenvalue weighted by molar-refractivity contribution is 6.32. The van der Waals surface area contributed by atoms with E-state index in [1.165, 1.54) is 0 Å². The van der Waals surface area contributed by atoms with Crippen LogP contribution in [0.2, 0.25) is 10.0 Å². The minimum atomic E-state index is -0.247. The molecule has 0 radical (unpaired) electrons. The van der Waals surface area contributed by atoms with Gasteiger partial charge in [0.25, 0.3) is 0 Å². The molecule has 1 N–H and O–H groups in total. The predicted molar refractivity (Wildman–Crippen MR) is 136 cm³/mol. The van der Waals surface area contributed by atoms with E-state index in [9.17, 15) is 4.79 Å². The first-order chi connectivity index (χ1) is 15.8. The summed E-state index contributed by atoms with van der Waals surface area (Å²) in [5, 5.41) is 5.12. The molecule has 0 aliphatic carbocycles. The molecule has 0 aliphatic rings. The lowest BCUT2D eigenvalue weighted by molar-refractivity contribution is -0.111. The summed E-state index contributed by atoms with van der Waals surface area (Å²) in [4.78, 5) is 12.8. The number of aryl methyl sites for hydroxylation is 1. The third kappa shape index (κ3) is 4.50. The number of hydrogen-bond donors (Lipinski definition) is 1. The number of carbonyl (C=O) groups excluding carboxylic acids is 1. The number of furan rings is 1. The molecule has 4 rings (SSSR count). The molecular weight excluding hydrogens is 457 g/mol. The number of ether oxygens (including phenoxy) is 1. The topological polar surface area (TPSA) is 51.5 Å². The molecule has 3 aromatic carbocycles. The Morgan fingerprint density at radius 2 is 1.79 bits per heavy atom. The van der Waals surface area contributed by atoms with Crippen molar-refractivity contribution in [3.8, 4) is 16.9 Å². The summed E-state index contributed by atoms with van der Waals surface area (Å²) in [7, 11) is 1.61. The Morgan fingerprint density at radius 1 is 1.06 bits per heavy atom. The first kappa shape index (κ1) is 23.0. The third-order valence-corrected chi connectivity index (χ3v) is 6.36. The Bertz CT molecular complexity index is 1390. The lowest BCUT2D eigenvalue weighted by Gasteiger charge is -2.14. The fraction of sp³-hybridized carbons (Fsp3) is 0.148. The molecule has 33 heavy (non-hydrogen) atoms. The zero-order chi connectivity index (χ0) is 23.7. The number of amides is 1. The van der Waals surface area contributed by atoms with Crippen molar-refractivity contribution in [2.24, 2.45) is 0 Å². The average Bonchev–Trinajstić information content (AvgIpc) is 3.21. The minimum Gasteiger partial charge on any atom is -0.496 e. The molecule has 1 amide bonds. The molecule has 0 bridgehead atoms. The number of benzene rings is 3. The fourth-order valence-electron chi connectivity index (χ4n) is 3.91. The highest BCUT2D eigenvalue weighted by Crippen LogP contribution is 2.40. The molecule has 0 aliphatic heterocycles. The summed E-state index contributed by atoms with van der Waals surface area (Å²) >= 11 is 12.2. The second-order valence-corrected chi connectivity index (χ2v) is 8.69. The molecule has 168 valence electrons. The second-order valence-electron chi connectivity index (χ2n) is 7.84. The van der Waals surface area contributed by atoms with Crippen LogP contribution in [-0.4, -0.2) is 13.0 Å². The molecule has 4 nitrogen and oxygen atoms in total. The first-order valence-electron chi connectivity index (χ1n) is 10.4. The van der Waals surface area contributed by atoms with E-state index in [4.69, 9.17) is 32.4 Å². The fourth-order valence-corrected chi connectivity index (χ4v) is 4.21. The molecular formula is C27H23Cl2NO3. The first-order valence-corrected chi connectivity index (χ1v) is 11.1. The Labute approximate surface area is 202 Å². The van der Waals surface area contributed by atoms with Crippen LogP contribution in [0.5, 0.6) is 5.75 Å². The number of methoxy groups -OCH3 is 1. The maximum absolute atomic E-state index is 12.8. The molecule has 6 heteroatoms. The highest BCUT2D eigenvalue weighted by Gasteiger charge is 2.19. The van der Waals surface area contributed by atoms with Gasteiger partial charge in [0.05, 0.1) is 13.4 Å². The zero-order valence-corrected chi connectivity index (χ0v) is 20.3. The van der Waals surface area contributed by atoms with Gasteiger partial charge in [-0.2, -0.15) is 0 Å². The largest absolute Gasteiger partial charge is 0.496 e. The van der Waals surface area contributed by atoms with Crippen LogP contribution in [0.4, 0.5) is 5.69 Å². The number of anilines is 1. The molecule has 0 saturated carbocycles. The summed E-state index contributed by atoms with van der Waals surface area (Å²) in [5.41, 5.74) is 6.62. The summed E-state index contributed by atoms with van der Waals surface area (Å²) < 4.78 is 11.6. The quantitative estimate of drug-likeness (QED) is 0.294. The molecule has 0 saturated heterocycles. The van der Waals surface area contributed by atoms with Gasteiger partial charge in [-0.05, 0) is 67.8 Å². The van der Waals surface area contributed by atoms with Crippen molar-refractivity contribution >= 4 is 51.3 Å². The SMILES string of the molecule is COc1c(/C(C)=C/C(=O)Nc2cccc(Cl)c2C)cc2c(-c3ccc(Cl)cc3)coc2c1C. The van der Waals surface area contributed by atoms with Gasteiger partial charge in [-0.15, -0.1) is 0 Å². The normalized spacial score (nSPS) is 11.6. The summed E-state index contributed by atoms with van der Waals surface area (Å²) in [5.74, 6) is 0.419. The highest BCUT2D eigenvalue weighted by atomic mass is 35.5. The van der Waals surface area contributed by atoms with E-state index in [0.29, 0.717) is 21.5 Å². The van der Waals surface area contributed by atoms with Gasteiger partial charge in [0, 0.05) is 43.9 Å². The molecule has 1 heterocycles. The maximum atomic E-state index is 12.8. The van der Waals surface area contributed by atoms with Crippen molar-refractivity contribution in [1.29, 1.82) is 0 Å². The predicted octanol–water partition coefficient (Wildman–Crippen LogP) is 8.07. The Kier molecular flexibility index (Phi) is 6.50. The lowest BCUT2D eigenvalue weighted by atomic mass is 9.96. The van der Waals surface area contributed by atoms with Crippen LogP contribution < -0.4 is 10.1 Å². The van der Waals surface area contributed by atoms with Gasteiger partial charge in [-0.1, -0.05) is 41.4 Å². The Balaban J connectivity index is 1.76. The van der Waals surface area contributed by atoms with Crippen molar-refractivity contribution in [1.82, 2.24) is 0 Å². The van der Waals surface area contributed by atoms with Gasteiger partial charge in [0.15, 0.2) is 0 Å². The van der Waals surface area contributed by atoms with Crippen LogP contribution in [0.3, 0.4) is 0 Å². The summed E-state index contributed by atoms with van der Waals surface area (Å²) in [6, 6.07) is 15.0. The van der Waals surface area contributed by atoms with Gasteiger partial charge in [-0.3, -0.25) is 4.79 Å². The van der Waals surface area contributed by atoms with Crippen molar-refractivity contribution in [3.63, 3.8) is 0 Å². The van der Waals surface area contributed by atoms with Crippen LogP contribution in [0, 0.1) is 13.8 Å². The summed E-state index contributed by atoms with van der Waals surface area (Å²) in [6.07, 6.45) is 3.29. The third-order valence-electron chi connectivity index (χ3n) is 5.70. The maximum Gasteiger partial charge on any atom is 0.248 e. The van der Waals surface area contributed by atoms with E-state index in [2.05, 4.69) is 5.32 Å². The van der Waals surface area contributed by atoms with E-state index in [0.717, 1.165) is 44.4 Å². The average molecular weight is 480 g/mol. The standard InChI is InChI=1S/C27H23Cl2NO3/c1-15(12-25(31)30-24-7-5-6-23(29)16(24)2)20-13-21-22(18-8-10-19(28)11-9-18)14-33-27(21)17(3)26(20)32-4/h5-14H,1-4H3,(H,30,31)/b15-12+. The molecule has 0 fully saturated rings. The van der Waals surface area contributed by atoms with Crippen LogP contribution >= 0.6 is 23.2 Å². The van der Waals surface area contributed by atoms with E-state index in [1.54, 1.807) is 31.6 Å². The minimum absolute atomic E-state index is 0.247.